The summed E-state index contributed by atoms with van der Waals surface area (Å²) >= 11 is 6.10. The van der Waals surface area contributed by atoms with Crippen LogP contribution in [0.2, 0.25) is 0 Å². The van der Waals surface area contributed by atoms with Crippen molar-refractivity contribution in [3.63, 3.8) is 0 Å². The van der Waals surface area contributed by atoms with Crippen LogP contribution in [0.1, 0.15) is 96.0 Å². The Morgan fingerprint density at radius 3 is 2.50 bits per heavy atom. The molecule has 1 N–H and O–H groups in total. The van der Waals surface area contributed by atoms with E-state index in [2.05, 4.69) is 61.2 Å². The highest BCUT2D eigenvalue weighted by Crippen LogP contribution is 2.40. The second-order valence-electron chi connectivity index (χ2n) is 11.5. The lowest BCUT2D eigenvalue weighted by molar-refractivity contribution is -0.0532. The summed E-state index contributed by atoms with van der Waals surface area (Å²) in [6, 6.07) is 10.4. The summed E-state index contributed by atoms with van der Waals surface area (Å²) in [5.74, 6) is 1.77. The molecular formula is C30H50N2OS. The standard InChI is InChI=1S/C30H50N2OS/c1-4-5-12-19-30(33,27-16-10-7-11-17-27)28-18-13-20-32(24-28)29(34)22-26(23-31(2)3)21-25-14-8-6-9-15-25/h7,10-11,16-17,25-26,28,33H,4-6,8-9,12-15,18-24H2,1-3H3/t26-,28-,30-/m1/s1. The largest absolute Gasteiger partial charge is 0.385 e. The summed E-state index contributed by atoms with van der Waals surface area (Å²) in [6.45, 7) is 5.31. The Morgan fingerprint density at radius 1 is 1.09 bits per heavy atom. The van der Waals surface area contributed by atoms with Gasteiger partial charge in [-0.3, -0.25) is 0 Å². The van der Waals surface area contributed by atoms with Crippen LogP contribution < -0.4 is 0 Å². The van der Waals surface area contributed by atoms with Crippen LogP contribution in [0.5, 0.6) is 0 Å². The predicted molar refractivity (Wildman–Crippen MR) is 149 cm³/mol. The van der Waals surface area contributed by atoms with Crippen molar-refractivity contribution < 1.29 is 5.11 Å². The van der Waals surface area contributed by atoms with E-state index in [1.165, 1.54) is 51.4 Å². The molecule has 0 unspecified atom stereocenters. The van der Waals surface area contributed by atoms with Crippen LogP contribution in [0.15, 0.2) is 30.3 Å². The molecule has 0 radical (unpaired) electrons. The second kappa shape index (κ2) is 13.9. The second-order valence-corrected chi connectivity index (χ2v) is 12.0. The molecule has 1 aliphatic carbocycles. The quantitative estimate of drug-likeness (QED) is 0.253. The van der Waals surface area contributed by atoms with E-state index in [-0.39, 0.29) is 5.92 Å². The fraction of sp³-hybridized carbons (Fsp3) is 0.767. The smallest absolute Gasteiger partial charge is 0.0941 e. The number of aliphatic hydroxyl groups is 1. The van der Waals surface area contributed by atoms with E-state index in [9.17, 15) is 5.11 Å². The molecule has 0 bridgehead atoms. The lowest BCUT2D eigenvalue weighted by atomic mass is 9.74. The summed E-state index contributed by atoms with van der Waals surface area (Å²) in [4.78, 5) is 5.94. The normalized spacial score (nSPS) is 22.5. The minimum Gasteiger partial charge on any atom is -0.385 e. The van der Waals surface area contributed by atoms with Gasteiger partial charge in [-0.15, -0.1) is 0 Å². The van der Waals surface area contributed by atoms with Crippen LogP contribution in [0.4, 0.5) is 0 Å². The maximum absolute atomic E-state index is 12.1. The fourth-order valence-corrected chi connectivity index (χ4v) is 6.96. The lowest BCUT2D eigenvalue weighted by Crippen LogP contribution is -2.48. The van der Waals surface area contributed by atoms with Gasteiger partial charge in [0.1, 0.15) is 0 Å². The van der Waals surface area contributed by atoms with Gasteiger partial charge in [-0.1, -0.05) is 101 Å². The summed E-state index contributed by atoms with van der Waals surface area (Å²) < 4.78 is 0. The third kappa shape index (κ3) is 8.03. The molecule has 0 aromatic heterocycles. The molecule has 1 aliphatic heterocycles. The number of hydrogen-bond donors (Lipinski definition) is 1. The Labute approximate surface area is 215 Å². The van der Waals surface area contributed by atoms with Crippen LogP contribution in [-0.2, 0) is 5.60 Å². The van der Waals surface area contributed by atoms with E-state index >= 15 is 0 Å². The first-order valence-electron chi connectivity index (χ1n) is 14.1. The molecule has 0 spiro atoms. The molecule has 4 heteroatoms. The molecule has 2 aliphatic rings. The molecule has 1 heterocycles. The molecule has 1 aromatic carbocycles. The van der Waals surface area contributed by atoms with E-state index in [0.717, 1.165) is 68.2 Å². The molecule has 2 fully saturated rings. The molecular weight excluding hydrogens is 436 g/mol. The van der Waals surface area contributed by atoms with Crippen molar-refractivity contribution in [2.24, 2.45) is 17.8 Å². The monoisotopic (exact) mass is 486 g/mol. The van der Waals surface area contributed by atoms with Crippen LogP contribution in [-0.4, -0.2) is 53.6 Å². The molecule has 1 saturated carbocycles. The molecule has 192 valence electrons. The van der Waals surface area contributed by atoms with Gasteiger partial charge in [-0.25, -0.2) is 0 Å². The molecule has 1 aromatic rings. The van der Waals surface area contributed by atoms with E-state index in [0.29, 0.717) is 5.92 Å². The average molecular weight is 487 g/mol. The van der Waals surface area contributed by atoms with Crippen molar-refractivity contribution in [3.05, 3.63) is 35.9 Å². The van der Waals surface area contributed by atoms with E-state index in [1.54, 1.807) is 0 Å². The first-order chi connectivity index (χ1) is 16.4. The van der Waals surface area contributed by atoms with Crippen molar-refractivity contribution in [2.45, 2.75) is 96.0 Å². The zero-order chi connectivity index (χ0) is 24.4. The summed E-state index contributed by atoms with van der Waals surface area (Å²) in [6.07, 6.45) is 15.9. The van der Waals surface area contributed by atoms with Crippen molar-refractivity contribution in [1.82, 2.24) is 9.80 Å². The topological polar surface area (TPSA) is 26.7 Å². The van der Waals surface area contributed by atoms with Gasteiger partial charge in [0.15, 0.2) is 0 Å². The Kier molecular flexibility index (Phi) is 11.3. The van der Waals surface area contributed by atoms with Gasteiger partial charge in [0.05, 0.1) is 10.6 Å². The van der Waals surface area contributed by atoms with Gasteiger partial charge < -0.3 is 14.9 Å². The van der Waals surface area contributed by atoms with E-state index < -0.39 is 5.60 Å². The average Bonchev–Trinajstić information content (AvgIpc) is 2.85. The van der Waals surface area contributed by atoms with Gasteiger partial charge >= 0.3 is 0 Å². The van der Waals surface area contributed by atoms with E-state index in [4.69, 9.17) is 12.2 Å². The Hall–Kier alpha value is -0.970. The molecule has 3 rings (SSSR count). The van der Waals surface area contributed by atoms with Gasteiger partial charge in [-0.05, 0) is 57.2 Å². The predicted octanol–water partition coefficient (Wildman–Crippen LogP) is 7.03. The summed E-state index contributed by atoms with van der Waals surface area (Å²) in [5, 5.41) is 12.1. The van der Waals surface area contributed by atoms with Gasteiger partial charge in [0.2, 0.25) is 0 Å². The van der Waals surface area contributed by atoms with Crippen molar-refractivity contribution in [3.8, 4) is 0 Å². The zero-order valence-corrected chi connectivity index (χ0v) is 23.0. The Morgan fingerprint density at radius 2 is 1.82 bits per heavy atom. The number of thiocarbonyl (C=S) groups is 1. The van der Waals surface area contributed by atoms with Crippen molar-refractivity contribution >= 4 is 17.2 Å². The number of likely N-dealkylation sites (tertiary alicyclic amines) is 1. The highest BCUT2D eigenvalue weighted by atomic mass is 32.1. The van der Waals surface area contributed by atoms with Gasteiger partial charge in [0, 0.05) is 32.0 Å². The number of unbranched alkanes of at least 4 members (excludes halogenated alkanes) is 2. The van der Waals surface area contributed by atoms with Crippen LogP contribution >= 0.6 is 12.2 Å². The van der Waals surface area contributed by atoms with Crippen LogP contribution in [0.3, 0.4) is 0 Å². The first-order valence-corrected chi connectivity index (χ1v) is 14.5. The number of benzene rings is 1. The molecule has 3 atom stereocenters. The first kappa shape index (κ1) is 27.6. The lowest BCUT2D eigenvalue weighted by Gasteiger charge is -2.44. The number of nitrogens with zero attached hydrogens (tertiary/aromatic N) is 2. The molecule has 34 heavy (non-hydrogen) atoms. The van der Waals surface area contributed by atoms with Crippen LogP contribution in [0.25, 0.3) is 0 Å². The molecule has 3 nitrogen and oxygen atoms in total. The Bertz CT molecular complexity index is 718. The fourth-order valence-electron chi connectivity index (χ4n) is 6.56. The van der Waals surface area contributed by atoms with Gasteiger partial charge in [0.25, 0.3) is 0 Å². The Balaban J connectivity index is 1.67. The number of piperidine rings is 1. The third-order valence-corrected chi connectivity index (χ3v) is 8.79. The minimum atomic E-state index is -0.754. The van der Waals surface area contributed by atoms with Crippen molar-refractivity contribution in [1.29, 1.82) is 0 Å². The van der Waals surface area contributed by atoms with Crippen LogP contribution in [0, 0.1) is 17.8 Å². The van der Waals surface area contributed by atoms with Crippen molar-refractivity contribution in [2.75, 3.05) is 33.7 Å². The highest BCUT2D eigenvalue weighted by Gasteiger charge is 2.40. The van der Waals surface area contributed by atoms with E-state index in [1.807, 2.05) is 0 Å². The summed E-state index contributed by atoms with van der Waals surface area (Å²) in [5.41, 5.74) is 0.335. The third-order valence-electron chi connectivity index (χ3n) is 8.36. The molecule has 0 amide bonds. The highest BCUT2D eigenvalue weighted by molar-refractivity contribution is 7.80. The number of rotatable bonds is 12. The summed E-state index contributed by atoms with van der Waals surface area (Å²) in [7, 11) is 4.40. The maximum Gasteiger partial charge on any atom is 0.0941 e. The zero-order valence-electron chi connectivity index (χ0n) is 22.2. The maximum atomic E-state index is 12.1. The van der Waals surface area contributed by atoms with Gasteiger partial charge in [-0.2, -0.15) is 0 Å². The SMILES string of the molecule is CCCCC[C@@](O)(c1ccccc1)[C@@H]1CCCN(C(=S)C[C@@H](CC2CCCCC2)CN(C)C)C1. The molecule has 1 saturated heterocycles. The minimum absolute atomic E-state index is 0.240. The number of hydrogen-bond acceptors (Lipinski definition) is 3.